The Kier molecular flexibility index (Phi) is 6.48. The zero-order valence-corrected chi connectivity index (χ0v) is 15.6. The van der Waals surface area contributed by atoms with Gasteiger partial charge >= 0.3 is 5.97 Å². The molecule has 0 unspecified atom stereocenters. The van der Waals surface area contributed by atoms with Gasteiger partial charge in [0, 0.05) is 17.3 Å². The smallest absolute Gasteiger partial charge is 0.307 e. The highest BCUT2D eigenvalue weighted by atomic mass is 16.4. The normalized spacial score (nSPS) is 23.4. The van der Waals surface area contributed by atoms with E-state index in [1.165, 1.54) is 6.42 Å². The summed E-state index contributed by atoms with van der Waals surface area (Å²) >= 11 is 0. The summed E-state index contributed by atoms with van der Waals surface area (Å²) in [5, 5.41) is 15.2. The third-order valence-corrected chi connectivity index (χ3v) is 5.77. The van der Waals surface area contributed by atoms with E-state index in [1.54, 1.807) is 24.3 Å². The van der Waals surface area contributed by atoms with Crippen molar-refractivity contribution in [3.63, 3.8) is 0 Å². The van der Waals surface area contributed by atoms with Crippen LogP contribution in [-0.2, 0) is 9.59 Å². The molecule has 2 aliphatic rings. The predicted molar refractivity (Wildman–Crippen MR) is 102 cm³/mol. The van der Waals surface area contributed by atoms with E-state index in [9.17, 15) is 19.5 Å². The number of amides is 2. The topological polar surface area (TPSA) is 95.5 Å². The fourth-order valence-electron chi connectivity index (χ4n) is 4.20. The van der Waals surface area contributed by atoms with Crippen molar-refractivity contribution in [3.05, 3.63) is 29.8 Å². The van der Waals surface area contributed by atoms with Gasteiger partial charge in [-0.3, -0.25) is 14.4 Å². The lowest BCUT2D eigenvalue weighted by Crippen LogP contribution is -2.36. The molecule has 0 bridgehead atoms. The maximum atomic E-state index is 12.5. The van der Waals surface area contributed by atoms with E-state index >= 15 is 0 Å². The van der Waals surface area contributed by atoms with Gasteiger partial charge in [0.2, 0.25) is 5.91 Å². The summed E-state index contributed by atoms with van der Waals surface area (Å²) in [5.74, 6) is -2.34. The number of nitrogens with one attached hydrogen (secondary N) is 2. The Morgan fingerprint density at radius 3 is 2.04 bits per heavy atom. The molecular weight excluding hydrogens is 344 g/mol. The van der Waals surface area contributed by atoms with Crippen LogP contribution in [0.5, 0.6) is 0 Å². The summed E-state index contributed by atoms with van der Waals surface area (Å²) in [5.41, 5.74) is 1.16. The summed E-state index contributed by atoms with van der Waals surface area (Å²) in [4.78, 5) is 36.2. The molecule has 2 fully saturated rings. The molecule has 0 spiro atoms. The van der Waals surface area contributed by atoms with Gasteiger partial charge in [-0.1, -0.05) is 32.1 Å². The van der Waals surface area contributed by atoms with Crippen LogP contribution in [0.4, 0.5) is 5.69 Å². The third-order valence-electron chi connectivity index (χ3n) is 5.77. The van der Waals surface area contributed by atoms with Crippen LogP contribution < -0.4 is 10.6 Å². The van der Waals surface area contributed by atoms with E-state index < -0.39 is 17.8 Å². The van der Waals surface area contributed by atoms with Crippen molar-refractivity contribution in [2.45, 2.75) is 63.8 Å². The minimum absolute atomic E-state index is 0.0852. The van der Waals surface area contributed by atoms with Crippen molar-refractivity contribution >= 4 is 23.5 Å². The van der Waals surface area contributed by atoms with Gasteiger partial charge in [-0.15, -0.1) is 0 Å². The molecule has 0 radical (unpaired) electrons. The maximum Gasteiger partial charge on any atom is 0.307 e. The van der Waals surface area contributed by atoms with Crippen LogP contribution in [0, 0.1) is 11.8 Å². The fraction of sp³-hybridized carbons (Fsp3) is 0.571. The molecule has 1 aromatic carbocycles. The molecule has 0 heterocycles. The van der Waals surface area contributed by atoms with Crippen LogP contribution in [0.2, 0.25) is 0 Å². The molecule has 0 aliphatic heterocycles. The van der Waals surface area contributed by atoms with Crippen LogP contribution in [0.3, 0.4) is 0 Å². The molecule has 2 aliphatic carbocycles. The number of carboxylic acid groups (broad SMARTS) is 1. The van der Waals surface area contributed by atoms with Gasteiger partial charge in [-0.25, -0.2) is 0 Å². The fourth-order valence-corrected chi connectivity index (χ4v) is 4.20. The van der Waals surface area contributed by atoms with Crippen LogP contribution in [0.15, 0.2) is 24.3 Å². The minimum atomic E-state index is -0.899. The van der Waals surface area contributed by atoms with Crippen molar-refractivity contribution < 1.29 is 19.5 Å². The molecule has 27 heavy (non-hydrogen) atoms. The maximum absolute atomic E-state index is 12.5. The lowest BCUT2D eigenvalue weighted by Gasteiger charge is -2.27. The van der Waals surface area contributed by atoms with Crippen molar-refractivity contribution in [1.29, 1.82) is 0 Å². The van der Waals surface area contributed by atoms with Crippen molar-refractivity contribution in [3.8, 4) is 0 Å². The molecule has 2 saturated carbocycles. The van der Waals surface area contributed by atoms with Gasteiger partial charge < -0.3 is 15.7 Å². The highest BCUT2D eigenvalue weighted by Crippen LogP contribution is 2.31. The van der Waals surface area contributed by atoms with Crippen LogP contribution in [-0.4, -0.2) is 28.9 Å². The zero-order valence-electron chi connectivity index (χ0n) is 15.6. The second kappa shape index (κ2) is 9.02. The lowest BCUT2D eigenvalue weighted by molar-refractivity contribution is -0.147. The van der Waals surface area contributed by atoms with Gasteiger partial charge in [0.15, 0.2) is 0 Å². The third kappa shape index (κ3) is 5.08. The number of hydrogen-bond acceptors (Lipinski definition) is 3. The van der Waals surface area contributed by atoms with Gasteiger partial charge in [0.1, 0.15) is 0 Å². The highest BCUT2D eigenvalue weighted by Gasteiger charge is 2.35. The number of carbonyl (C=O) groups excluding carboxylic acids is 2. The van der Waals surface area contributed by atoms with Gasteiger partial charge in [-0.2, -0.15) is 0 Å². The Morgan fingerprint density at radius 1 is 0.815 bits per heavy atom. The van der Waals surface area contributed by atoms with E-state index in [-0.39, 0.29) is 17.9 Å². The number of rotatable bonds is 5. The number of carbonyl (C=O) groups is 3. The first kappa shape index (κ1) is 19.4. The van der Waals surface area contributed by atoms with E-state index in [4.69, 9.17) is 0 Å². The van der Waals surface area contributed by atoms with Gasteiger partial charge in [0.05, 0.1) is 11.8 Å². The van der Waals surface area contributed by atoms with Gasteiger partial charge in [0.25, 0.3) is 5.91 Å². The Labute approximate surface area is 159 Å². The summed E-state index contributed by atoms with van der Waals surface area (Å²) < 4.78 is 0. The van der Waals surface area contributed by atoms with E-state index in [0.29, 0.717) is 24.1 Å². The van der Waals surface area contributed by atoms with Crippen molar-refractivity contribution in [2.75, 3.05) is 5.32 Å². The molecule has 3 N–H and O–H groups in total. The Bertz CT molecular complexity index is 680. The molecule has 2 atom stereocenters. The minimum Gasteiger partial charge on any atom is -0.481 e. The average Bonchev–Trinajstić information content (AvgIpc) is 2.69. The monoisotopic (exact) mass is 372 g/mol. The molecule has 0 saturated heterocycles. The quantitative estimate of drug-likeness (QED) is 0.736. The summed E-state index contributed by atoms with van der Waals surface area (Å²) in [6.45, 7) is 0. The molecule has 3 rings (SSSR count). The molecular formula is C21H28N2O4. The SMILES string of the molecule is O=C(NC1CCCCC1)c1ccc(NC(=O)[C@@H]2CCCC[C@@H]2C(=O)O)cc1. The molecule has 146 valence electrons. The molecule has 2 amide bonds. The van der Waals surface area contributed by atoms with E-state index in [1.807, 2.05) is 0 Å². The first-order chi connectivity index (χ1) is 13.0. The standard InChI is InChI=1S/C21H28N2O4/c24-19(22-15-6-2-1-3-7-15)14-10-12-16(13-11-14)23-20(25)17-8-4-5-9-18(17)21(26)27/h10-13,15,17-18H,1-9H2,(H,22,24)(H,23,25)(H,26,27)/t17-,18+/m1/s1. The Hall–Kier alpha value is -2.37. The molecule has 6 nitrogen and oxygen atoms in total. The Balaban J connectivity index is 1.57. The summed E-state index contributed by atoms with van der Waals surface area (Å²) in [6, 6.07) is 7.05. The number of hydrogen-bond donors (Lipinski definition) is 3. The first-order valence-electron chi connectivity index (χ1n) is 9.99. The highest BCUT2D eigenvalue weighted by molar-refractivity contribution is 5.97. The van der Waals surface area contributed by atoms with Crippen LogP contribution >= 0.6 is 0 Å². The first-order valence-corrected chi connectivity index (χ1v) is 9.99. The second-order valence-corrected chi connectivity index (χ2v) is 7.71. The zero-order chi connectivity index (χ0) is 19.2. The lowest BCUT2D eigenvalue weighted by atomic mass is 9.78. The average molecular weight is 372 g/mol. The van der Waals surface area contributed by atoms with Crippen molar-refractivity contribution in [2.24, 2.45) is 11.8 Å². The molecule has 1 aromatic rings. The number of carboxylic acids is 1. The van der Waals surface area contributed by atoms with Crippen LogP contribution in [0.25, 0.3) is 0 Å². The molecule has 6 heteroatoms. The predicted octanol–water partition coefficient (Wildman–Crippen LogP) is 3.58. The second-order valence-electron chi connectivity index (χ2n) is 7.71. The van der Waals surface area contributed by atoms with Crippen LogP contribution in [0.1, 0.15) is 68.1 Å². The number of benzene rings is 1. The largest absolute Gasteiger partial charge is 0.481 e. The van der Waals surface area contributed by atoms with Crippen molar-refractivity contribution in [1.82, 2.24) is 5.32 Å². The summed E-state index contributed by atoms with van der Waals surface area (Å²) in [7, 11) is 0. The van der Waals surface area contributed by atoms with E-state index in [2.05, 4.69) is 10.6 Å². The van der Waals surface area contributed by atoms with Gasteiger partial charge in [-0.05, 0) is 49.9 Å². The summed E-state index contributed by atoms with van der Waals surface area (Å²) in [6.07, 6.45) is 8.51. The Morgan fingerprint density at radius 2 is 1.41 bits per heavy atom. The number of aliphatic carboxylic acids is 1. The molecule has 0 aromatic heterocycles. The number of anilines is 1. The van der Waals surface area contributed by atoms with E-state index in [0.717, 1.165) is 38.5 Å².